The topological polar surface area (TPSA) is 72.0 Å². The lowest BCUT2D eigenvalue weighted by Crippen LogP contribution is -2.25. The highest BCUT2D eigenvalue weighted by molar-refractivity contribution is 5.07. The van der Waals surface area contributed by atoms with Gasteiger partial charge in [-0.1, -0.05) is 0 Å². The number of rotatable bonds is 3. The van der Waals surface area contributed by atoms with E-state index in [0.717, 1.165) is 12.4 Å². The molecule has 2 atom stereocenters. The highest BCUT2D eigenvalue weighted by atomic mass is 19.3. The largest absolute Gasteiger partial charge is 0.385 e. The van der Waals surface area contributed by atoms with Gasteiger partial charge in [0, 0.05) is 6.04 Å². The zero-order chi connectivity index (χ0) is 10.7. The van der Waals surface area contributed by atoms with Crippen molar-refractivity contribution in [3.63, 3.8) is 0 Å². The predicted octanol–water partition coefficient (Wildman–Crippen LogP) is 0.795. The van der Waals surface area contributed by atoms with E-state index in [1.165, 1.54) is 0 Å². The normalized spacial score (nSPS) is 15.6. The lowest BCUT2D eigenvalue weighted by molar-refractivity contribution is 0.140. The van der Waals surface area contributed by atoms with Crippen molar-refractivity contribution in [1.29, 1.82) is 0 Å². The molecule has 0 radical (unpaired) electrons. The fourth-order valence-electron chi connectivity index (χ4n) is 0.883. The first-order valence-corrected chi connectivity index (χ1v) is 4.06. The summed E-state index contributed by atoms with van der Waals surface area (Å²) in [4.78, 5) is 7.10. The van der Waals surface area contributed by atoms with Gasteiger partial charge < -0.3 is 10.8 Å². The minimum Gasteiger partial charge on any atom is -0.385 e. The Kier molecular flexibility index (Phi) is 3.43. The van der Waals surface area contributed by atoms with Crippen LogP contribution in [-0.4, -0.2) is 21.1 Å². The molecule has 0 saturated heterocycles. The van der Waals surface area contributed by atoms with Crippen molar-refractivity contribution in [2.75, 3.05) is 0 Å². The summed E-state index contributed by atoms with van der Waals surface area (Å²) in [5, 5.41) is 9.41. The predicted molar refractivity (Wildman–Crippen MR) is 45.6 cm³/mol. The molecule has 0 saturated carbocycles. The summed E-state index contributed by atoms with van der Waals surface area (Å²) in [7, 11) is 0. The number of nitrogens with two attached hydrogens (primary N) is 1. The molecule has 0 aliphatic heterocycles. The van der Waals surface area contributed by atoms with E-state index >= 15 is 0 Å². The number of aliphatic hydroxyl groups excluding tert-OH is 1. The van der Waals surface area contributed by atoms with Crippen LogP contribution in [0.25, 0.3) is 0 Å². The van der Waals surface area contributed by atoms with Gasteiger partial charge in [-0.15, -0.1) is 0 Å². The molecule has 1 aromatic rings. The smallest absolute Gasteiger partial charge is 0.281 e. The Labute approximate surface area is 79.8 Å². The zero-order valence-corrected chi connectivity index (χ0v) is 7.56. The van der Waals surface area contributed by atoms with Gasteiger partial charge in [0.25, 0.3) is 6.43 Å². The van der Waals surface area contributed by atoms with Gasteiger partial charge in [-0.3, -0.25) is 9.97 Å². The zero-order valence-electron chi connectivity index (χ0n) is 7.56. The summed E-state index contributed by atoms with van der Waals surface area (Å²) in [6, 6.07) is -0.512. The molecule has 1 rings (SSSR count). The third kappa shape index (κ3) is 2.43. The Morgan fingerprint density at radius 2 is 1.79 bits per heavy atom. The summed E-state index contributed by atoms with van der Waals surface area (Å²) in [6.07, 6.45) is -1.58. The second-order valence-corrected chi connectivity index (χ2v) is 2.97. The van der Waals surface area contributed by atoms with E-state index in [-0.39, 0.29) is 5.69 Å². The molecule has 14 heavy (non-hydrogen) atoms. The molecule has 0 fully saturated rings. The molecule has 3 N–H and O–H groups in total. The van der Waals surface area contributed by atoms with Crippen molar-refractivity contribution >= 4 is 0 Å². The lowest BCUT2D eigenvalue weighted by Gasteiger charge is -2.13. The standard InChI is InChI=1S/C8H11F2N3O/c1-4(11)7(14)5-2-13-6(3-12-5)8(9)10/h2-4,7-8,14H,11H2,1H3. The molecular formula is C8H11F2N3O. The number of aromatic nitrogens is 2. The summed E-state index contributed by atoms with van der Waals surface area (Å²) in [5.41, 5.74) is 5.19. The molecule has 0 aliphatic carbocycles. The number of hydrogen-bond acceptors (Lipinski definition) is 4. The summed E-state index contributed by atoms with van der Waals surface area (Å²) in [6.45, 7) is 1.59. The summed E-state index contributed by atoms with van der Waals surface area (Å²) < 4.78 is 24.1. The van der Waals surface area contributed by atoms with Crippen LogP contribution in [0.4, 0.5) is 8.78 Å². The van der Waals surface area contributed by atoms with Gasteiger partial charge in [0.05, 0.1) is 18.1 Å². The molecule has 4 nitrogen and oxygen atoms in total. The second-order valence-electron chi connectivity index (χ2n) is 2.97. The number of halogens is 2. The Morgan fingerprint density at radius 3 is 2.14 bits per heavy atom. The fourth-order valence-corrected chi connectivity index (χ4v) is 0.883. The van der Waals surface area contributed by atoms with Crippen LogP contribution in [0, 0.1) is 0 Å². The Balaban J connectivity index is 2.83. The maximum absolute atomic E-state index is 12.1. The average Bonchev–Trinajstić information content (AvgIpc) is 2.16. The van der Waals surface area contributed by atoms with Gasteiger partial charge in [-0.25, -0.2) is 8.78 Å². The molecule has 2 unspecified atom stereocenters. The maximum atomic E-state index is 12.1. The van der Waals surface area contributed by atoms with Crippen LogP contribution in [0.2, 0.25) is 0 Å². The van der Waals surface area contributed by atoms with Crippen LogP contribution in [0.5, 0.6) is 0 Å². The first kappa shape index (κ1) is 10.9. The SMILES string of the molecule is CC(N)C(O)c1cnc(C(F)F)cn1. The third-order valence-electron chi connectivity index (χ3n) is 1.72. The van der Waals surface area contributed by atoms with Crippen LogP contribution in [0.15, 0.2) is 12.4 Å². The highest BCUT2D eigenvalue weighted by Crippen LogP contribution is 2.17. The van der Waals surface area contributed by atoms with Crippen LogP contribution >= 0.6 is 0 Å². The van der Waals surface area contributed by atoms with Crippen molar-refractivity contribution in [1.82, 2.24) is 9.97 Å². The van der Waals surface area contributed by atoms with E-state index in [0.29, 0.717) is 0 Å². The Bertz CT molecular complexity index is 289. The van der Waals surface area contributed by atoms with Crippen LogP contribution in [0.1, 0.15) is 30.8 Å². The fraction of sp³-hybridized carbons (Fsp3) is 0.500. The number of alkyl halides is 2. The van der Waals surface area contributed by atoms with Gasteiger partial charge in [0.15, 0.2) is 0 Å². The van der Waals surface area contributed by atoms with Crippen LogP contribution in [-0.2, 0) is 0 Å². The van der Waals surface area contributed by atoms with Gasteiger partial charge in [-0.2, -0.15) is 0 Å². The molecule has 0 aliphatic rings. The molecule has 0 bridgehead atoms. The summed E-state index contributed by atoms with van der Waals surface area (Å²) in [5.74, 6) is 0. The first-order valence-electron chi connectivity index (χ1n) is 4.06. The van der Waals surface area contributed by atoms with Gasteiger partial charge in [0.2, 0.25) is 0 Å². The first-order chi connectivity index (χ1) is 6.52. The van der Waals surface area contributed by atoms with Crippen molar-refractivity contribution in [3.8, 4) is 0 Å². The maximum Gasteiger partial charge on any atom is 0.281 e. The Morgan fingerprint density at radius 1 is 1.29 bits per heavy atom. The van der Waals surface area contributed by atoms with Crippen molar-refractivity contribution in [2.24, 2.45) is 5.73 Å². The van der Waals surface area contributed by atoms with E-state index in [4.69, 9.17) is 5.73 Å². The van der Waals surface area contributed by atoms with E-state index in [1.807, 2.05) is 0 Å². The number of hydrogen-bond donors (Lipinski definition) is 2. The van der Waals surface area contributed by atoms with Crippen LogP contribution < -0.4 is 5.73 Å². The molecule has 78 valence electrons. The van der Waals surface area contributed by atoms with Gasteiger partial charge in [-0.05, 0) is 6.92 Å². The van der Waals surface area contributed by atoms with E-state index in [2.05, 4.69) is 9.97 Å². The van der Waals surface area contributed by atoms with Gasteiger partial charge in [0.1, 0.15) is 11.8 Å². The molecule has 0 aromatic carbocycles. The minimum atomic E-state index is -2.65. The van der Waals surface area contributed by atoms with E-state index in [1.54, 1.807) is 6.92 Å². The number of nitrogens with zero attached hydrogens (tertiary/aromatic N) is 2. The molecule has 1 aromatic heterocycles. The quantitative estimate of drug-likeness (QED) is 0.762. The minimum absolute atomic E-state index is 0.199. The molecule has 0 spiro atoms. The molecular weight excluding hydrogens is 192 g/mol. The molecule has 1 heterocycles. The highest BCUT2D eigenvalue weighted by Gasteiger charge is 2.15. The van der Waals surface area contributed by atoms with Gasteiger partial charge >= 0.3 is 0 Å². The van der Waals surface area contributed by atoms with E-state index in [9.17, 15) is 13.9 Å². The molecule has 0 amide bonds. The second kappa shape index (κ2) is 4.39. The van der Waals surface area contributed by atoms with E-state index < -0.39 is 24.3 Å². The van der Waals surface area contributed by atoms with Crippen molar-refractivity contribution < 1.29 is 13.9 Å². The third-order valence-corrected chi connectivity index (χ3v) is 1.72. The molecule has 6 heteroatoms. The van der Waals surface area contributed by atoms with Crippen molar-refractivity contribution in [2.45, 2.75) is 25.5 Å². The summed E-state index contributed by atoms with van der Waals surface area (Å²) >= 11 is 0. The monoisotopic (exact) mass is 203 g/mol. The van der Waals surface area contributed by atoms with Crippen LogP contribution in [0.3, 0.4) is 0 Å². The average molecular weight is 203 g/mol. The lowest BCUT2D eigenvalue weighted by atomic mass is 10.1. The number of aliphatic hydroxyl groups is 1. The van der Waals surface area contributed by atoms with Crippen molar-refractivity contribution in [3.05, 3.63) is 23.8 Å². The Hall–Kier alpha value is -1.14.